The number of benzene rings is 3. The van der Waals surface area contributed by atoms with E-state index in [1.165, 1.54) is 29.5 Å². The van der Waals surface area contributed by atoms with Crippen molar-refractivity contribution in [1.29, 1.82) is 0 Å². The summed E-state index contributed by atoms with van der Waals surface area (Å²) in [5, 5.41) is 11.7. The van der Waals surface area contributed by atoms with Crippen LogP contribution in [-0.2, 0) is 11.2 Å². The van der Waals surface area contributed by atoms with Gasteiger partial charge in [-0.15, -0.1) is 11.8 Å². The molecule has 6 nitrogen and oxygen atoms in total. The summed E-state index contributed by atoms with van der Waals surface area (Å²) in [5.74, 6) is -1.57. The maximum absolute atomic E-state index is 13.0. The van der Waals surface area contributed by atoms with Crippen LogP contribution in [0.25, 0.3) is 0 Å². The highest BCUT2D eigenvalue weighted by Crippen LogP contribution is 2.32. The fourth-order valence-electron chi connectivity index (χ4n) is 3.72. The fourth-order valence-corrected chi connectivity index (χ4v) is 4.65. The molecule has 0 saturated heterocycles. The molecule has 1 aliphatic heterocycles. The number of nitrogens with zero attached hydrogens (tertiary/aromatic N) is 1. The lowest BCUT2D eigenvalue weighted by Gasteiger charge is -2.21. The molecular formula is C25H22N2O4S. The van der Waals surface area contributed by atoms with Gasteiger partial charge in [0.05, 0.1) is 16.4 Å². The molecule has 1 atom stereocenters. The highest BCUT2D eigenvalue weighted by atomic mass is 32.2. The Morgan fingerprint density at radius 2 is 1.59 bits per heavy atom. The molecule has 0 aromatic heterocycles. The minimum atomic E-state index is -1.15. The van der Waals surface area contributed by atoms with Crippen LogP contribution >= 0.6 is 11.8 Å². The van der Waals surface area contributed by atoms with E-state index in [1.807, 2.05) is 42.2 Å². The molecule has 0 aliphatic carbocycles. The first-order valence-corrected chi connectivity index (χ1v) is 11.1. The second-order valence-electron chi connectivity index (χ2n) is 7.46. The van der Waals surface area contributed by atoms with Gasteiger partial charge in [0.15, 0.2) is 0 Å². The Hall–Kier alpha value is -3.58. The lowest BCUT2D eigenvalue weighted by atomic mass is 10.1. The SMILES string of the molecule is CC(Sc1ccc(NC(=O)c2ccccc2C(=O)O)cc1)C(=O)N1CCc2ccccc21. The Morgan fingerprint density at radius 3 is 2.31 bits per heavy atom. The third kappa shape index (κ3) is 4.53. The van der Waals surface area contributed by atoms with E-state index < -0.39 is 11.9 Å². The number of carboxylic acid groups (broad SMARTS) is 1. The number of para-hydroxylation sites is 1. The molecule has 3 aromatic carbocycles. The van der Waals surface area contributed by atoms with Crippen molar-refractivity contribution >= 4 is 40.9 Å². The summed E-state index contributed by atoms with van der Waals surface area (Å²) >= 11 is 1.46. The minimum Gasteiger partial charge on any atom is -0.478 e. The number of fused-ring (bicyclic) bond motifs is 1. The molecule has 4 rings (SSSR count). The molecule has 1 unspecified atom stereocenters. The lowest BCUT2D eigenvalue weighted by molar-refractivity contribution is -0.117. The molecule has 7 heteroatoms. The van der Waals surface area contributed by atoms with E-state index in [0.717, 1.165) is 17.0 Å². The summed E-state index contributed by atoms with van der Waals surface area (Å²) in [6.45, 7) is 2.60. The maximum atomic E-state index is 13.0. The number of carboxylic acids is 1. The topological polar surface area (TPSA) is 86.7 Å². The van der Waals surface area contributed by atoms with Gasteiger partial charge in [-0.3, -0.25) is 9.59 Å². The largest absolute Gasteiger partial charge is 0.478 e. The zero-order valence-corrected chi connectivity index (χ0v) is 18.3. The molecule has 0 bridgehead atoms. The van der Waals surface area contributed by atoms with Crippen molar-refractivity contribution in [3.8, 4) is 0 Å². The van der Waals surface area contributed by atoms with Crippen molar-refractivity contribution in [2.24, 2.45) is 0 Å². The number of nitrogens with one attached hydrogen (secondary N) is 1. The molecule has 2 amide bonds. The van der Waals surface area contributed by atoms with Crippen molar-refractivity contribution in [3.63, 3.8) is 0 Å². The van der Waals surface area contributed by atoms with Gasteiger partial charge >= 0.3 is 5.97 Å². The Morgan fingerprint density at radius 1 is 0.938 bits per heavy atom. The predicted molar refractivity (Wildman–Crippen MR) is 126 cm³/mol. The van der Waals surface area contributed by atoms with Crippen LogP contribution in [0.3, 0.4) is 0 Å². The van der Waals surface area contributed by atoms with Crippen LogP contribution in [0.15, 0.2) is 77.7 Å². The molecule has 1 aliphatic rings. The molecule has 1 heterocycles. The molecule has 0 radical (unpaired) electrons. The molecule has 0 saturated carbocycles. The van der Waals surface area contributed by atoms with Gasteiger partial charge in [0.1, 0.15) is 0 Å². The molecule has 3 aromatic rings. The number of carbonyl (C=O) groups excluding carboxylic acids is 2. The Bertz CT molecular complexity index is 1180. The van der Waals surface area contributed by atoms with E-state index in [4.69, 9.17) is 0 Å². The zero-order chi connectivity index (χ0) is 22.7. The van der Waals surface area contributed by atoms with Gasteiger partial charge in [0.2, 0.25) is 5.91 Å². The van der Waals surface area contributed by atoms with Gasteiger partial charge in [-0.25, -0.2) is 4.79 Å². The van der Waals surface area contributed by atoms with Gasteiger partial charge in [0, 0.05) is 22.8 Å². The summed E-state index contributed by atoms with van der Waals surface area (Å²) in [7, 11) is 0. The zero-order valence-electron chi connectivity index (χ0n) is 17.4. The summed E-state index contributed by atoms with van der Waals surface area (Å²) in [6.07, 6.45) is 0.874. The molecule has 162 valence electrons. The number of aromatic carboxylic acids is 1. The highest BCUT2D eigenvalue weighted by molar-refractivity contribution is 8.00. The monoisotopic (exact) mass is 446 g/mol. The van der Waals surface area contributed by atoms with Gasteiger partial charge in [-0.1, -0.05) is 30.3 Å². The van der Waals surface area contributed by atoms with Crippen LogP contribution in [0.2, 0.25) is 0 Å². The van der Waals surface area contributed by atoms with E-state index in [-0.39, 0.29) is 22.3 Å². The summed E-state index contributed by atoms with van der Waals surface area (Å²) in [4.78, 5) is 39.6. The first-order valence-electron chi connectivity index (χ1n) is 10.2. The smallest absolute Gasteiger partial charge is 0.336 e. The average molecular weight is 447 g/mol. The van der Waals surface area contributed by atoms with Gasteiger partial charge in [0.25, 0.3) is 5.91 Å². The van der Waals surface area contributed by atoms with Crippen LogP contribution in [-0.4, -0.2) is 34.7 Å². The van der Waals surface area contributed by atoms with Crippen molar-refractivity contribution in [3.05, 3.63) is 89.5 Å². The van der Waals surface area contributed by atoms with Crippen molar-refractivity contribution in [1.82, 2.24) is 0 Å². The molecule has 2 N–H and O–H groups in total. The summed E-state index contributed by atoms with van der Waals surface area (Å²) in [6, 6.07) is 21.2. The van der Waals surface area contributed by atoms with Gasteiger partial charge in [-0.05, 0) is 61.4 Å². The minimum absolute atomic E-state index is 0.0481. The summed E-state index contributed by atoms with van der Waals surface area (Å²) in [5.41, 5.74) is 2.79. The van der Waals surface area contributed by atoms with E-state index in [1.54, 1.807) is 24.3 Å². The lowest BCUT2D eigenvalue weighted by Crippen LogP contribution is -2.35. The number of amides is 2. The number of rotatable bonds is 6. The molecule has 0 fully saturated rings. The van der Waals surface area contributed by atoms with Crippen LogP contribution in [0, 0.1) is 0 Å². The standard InChI is InChI=1S/C25H22N2O4S/c1-16(24(29)27-15-14-17-6-2-5-9-22(17)27)32-19-12-10-18(11-13-19)26-23(28)20-7-3-4-8-21(20)25(30)31/h2-13,16H,14-15H2,1H3,(H,26,28)(H,30,31). The van der Waals surface area contributed by atoms with E-state index >= 15 is 0 Å². The predicted octanol–water partition coefficient (Wildman–Crippen LogP) is 4.71. The Balaban J connectivity index is 1.39. The highest BCUT2D eigenvalue weighted by Gasteiger charge is 2.28. The van der Waals surface area contributed by atoms with Crippen LogP contribution in [0.5, 0.6) is 0 Å². The number of carbonyl (C=O) groups is 3. The van der Waals surface area contributed by atoms with E-state index in [0.29, 0.717) is 12.2 Å². The van der Waals surface area contributed by atoms with Crippen molar-refractivity contribution in [2.45, 2.75) is 23.5 Å². The molecule has 32 heavy (non-hydrogen) atoms. The van der Waals surface area contributed by atoms with Crippen LogP contribution < -0.4 is 10.2 Å². The van der Waals surface area contributed by atoms with Gasteiger partial charge in [-0.2, -0.15) is 0 Å². The third-order valence-electron chi connectivity index (χ3n) is 5.33. The number of anilines is 2. The second-order valence-corrected chi connectivity index (χ2v) is 8.87. The average Bonchev–Trinajstić information content (AvgIpc) is 3.24. The van der Waals surface area contributed by atoms with Crippen LogP contribution in [0.4, 0.5) is 11.4 Å². The number of hydrogen-bond acceptors (Lipinski definition) is 4. The van der Waals surface area contributed by atoms with Gasteiger partial charge < -0.3 is 15.3 Å². The van der Waals surface area contributed by atoms with E-state index in [2.05, 4.69) is 11.4 Å². The first kappa shape index (κ1) is 21.6. The number of hydrogen-bond donors (Lipinski definition) is 2. The Kier molecular flexibility index (Phi) is 6.28. The fraction of sp³-hybridized carbons (Fsp3) is 0.160. The van der Waals surface area contributed by atoms with Crippen LogP contribution in [0.1, 0.15) is 33.2 Å². The first-order chi connectivity index (χ1) is 15.4. The Labute approximate surface area is 190 Å². The van der Waals surface area contributed by atoms with Crippen molar-refractivity contribution in [2.75, 3.05) is 16.8 Å². The normalized spacial score (nSPS) is 13.3. The van der Waals surface area contributed by atoms with E-state index in [9.17, 15) is 19.5 Å². The quantitative estimate of drug-likeness (QED) is 0.536. The van der Waals surface area contributed by atoms with Crippen molar-refractivity contribution < 1.29 is 19.5 Å². The third-order valence-corrected chi connectivity index (χ3v) is 6.43. The second kappa shape index (κ2) is 9.28. The summed E-state index contributed by atoms with van der Waals surface area (Å²) < 4.78 is 0. The maximum Gasteiger partial charge on any atom is 0.336 e. The number of thioether (sulfide) groups is 1. The molecule has 0 spiro atoms. The molecular weight excluding hydrogens is 424 g/mol.